The molecule has 4 heteroatoms. The van der Waals surface area contributed by atoms with Gasteiger partial charge in [0.2, 0.25) is 0 Å². The summed E-state index contributed by atoms with van der Waals surface area (Å²) in [4.78, 5) is 12.2. The van der Waals surface area contributed by atoms with Crippen LogP contribution in [0.15, 0.2) is 42.7 Å². The van der Waals surface area contributed by atoms with Gasteiger partial charge in [0.15, 0.2) is 0 Å². The fourth-order valence-corrected chi connectivity index (χ4v) is 2.50. The Morgan fingerprint density at radius 3 is 2.79 bits per heavy atom. The number of aromatic nitrogens is 3. The molecule has 92 valence electrons. The Morgan fingerprint density at radius 1 is 1.00 bits per heavy atom. The maximum atomic E-state index is 5.29. The molecule has 19 heavy (non-hydrogen) atoms. The van der Waals surface area contributed by atoms with E-state index in [2.05, 4.69) is 21.0 Å². The summed E-state index contributed by atoms with van der Waals surface area (Å²) in [7, 11) is 1.68. The van der Waals surface area contributed by atoms with Crippen molar-refractivity contribution in [3.8, 4) is 5.75 Å². The average Bonchev–Trinajstić information content (AvgIpc) is 2.85. The summed E-state index contributed by atoms with van der Waals surface area (Å²) in [5, 5.41) is 2.28. The summed E-state index contributed by atoms with van der Waals surface area (Å²) >= 11 is 0. The molecule has 0 spiro atoms. The average molecular weight is 249 g/mol. The van der Waals surface area contributed by atoms with Crippen LogP contribution in [0.1, 0.15) is 0 Å². The fraction of sp³-hybridized carbons (Fsp3) is 0.0667. The van der Waals surface area contributed by atoms with E-state index >= 15 is 0 Å². The first-order chi connectivity index (χ1) is 9.36. The zero-order chi connectivity index (χ0) is 12.8. The Kier molecular flexibility index (Phi) is 2.00. The van der Waals surface area contributed by atoms with Gasteiger partial charge >= 0.3 is 0 Å². The number of fused-ring (bicyclic) bond motifs is 5. The van der Waals surface area contributed by atoms with E-state index in [1.54, 1.807) is 19.5 Å². The predicted octanol–water partition coefficient (Wildman–Crippen LogP) is 3.27. The number of nitrogens with one attached hydrogen (secondary N) is 1. The third-order valence-corrected chi connectivity index (χ3v) is 3.42. The third kappa shape index (κ3) is 1.40. The number of benzene rings is 2. The van der Waals surface area contributed by atoms with Crippen molar-refractivity contribution >= 4 is 32.8 Å². The second-order valence-electron chi connectivity index (χ2n) is 4.45. The Bertz CT molecular complexity index is 911. The van der Waals surface area contributed by atoms with Crippen LogP contribution in [0.5, 0.6) is 5.75 Å². The maximum Gasteiger partial charge on any atom is 0.119 e. The minimum atomic E-state index is 0.854. The zero-order valence-corrected chi connectivity index (χ0v) is 10.3. The van der Waals surface area contributed by atoms with E-state index in [0.29, 0.717) is 0 Å². The monoisotopic (exact) mass is 249 g/mol. The van der Waals surface area contributed by atoms with Crippen molar-refractivity contribution in [3.05, 3.63) is 42.7 Å². The van der Waals surface area contributed by atoms with Gasteiger partial charge in [-0.05, 0) is 30.3 Å². The molecule has 0 saturated carbocycles. The van der Waals surface area contributed by atoms with Crippen molar-refractivity contribution in [3.63, 3.8) is 0 Å². The lowest BCUT2D eigenvalue weighted by Gasteiger charge is -1.99. The zero-order valence-electron chi connectivity index (χ0n) is 10.3. The predicted molar refractivity (Wildman–Crippen MR) is 75.5 cm³/mol. The van der Waals surface area contributed by atoms with Crippen LogP contribution in [0, 0.1) is 0 Å². The summed E-state index contributed by atoms with van der Waals surface area (Å²) < 4.78 is 5.29. The van der Waals surface area contributed by atoms with E-state index in [4.69, 9.17) is 4.74 Å². The van der Waals surface area contributed by atoms with Gasteiger partial charge in [0.05, 0.1) is 18.1 Å². The number of hydrogen-bond donors (Lipinski definition) is 1. The van der Waals surface area contributed by atoms with E-state index in [1.165, 1.54) is 0 Å². The first-order valence-electron chi connectivity index (χ1n) is 6.06. The molecule has 2 aromatic carbocycles. The summed E-state index contributed by atoms with van der Waals surface area (Å²) in [6, 6.07) is 10.1. The Hall–Kier alpha value is -2.62. The Labute approximate surface area is 109 Å². The van der Waals surface area contributed by atoms with Gasteiger partial charge in [-0.1, -0.05) is 0 Å². The van der Waals surface area contributed by atoms with Gasteiger partial charge in [-0.15, -0.1) is 0 Å². The molecule has 0 atom stereocenters. The van der Waals surface area contributed by atoms with Gasteiger partial charge in [0, 0.05) is 28.7 Å². The lowest BCUT2D eigenvalue weighted by molar-refractivity contribution is 0.415. The van der Waals surface area contributed by atoms with Crippen molar-refractivity contribution in [2.24, 2.45) is 0 Å². The number of rotatable bonds is 1. The van der Waals surface area contributed by atoms with Gasteiger partial charge in [0.25, 0.3) is 0 Å². The van der Waals surface area contributed by atoms with E-state index in [0.717, 1.165) is 38.6 Å². The lowest BCUT2D eigenvalue weighted by atomic mass is 10.1. The Balaban J connectivity index is 2.21. The van der Waals surface area contributed by atoms with Gasteiger partial charge in [-0.2, -0.15) is 0 Å². The van der Waals surface area contributed by atoms with Gasteiger partial charge in [-0.3, -0.25) is 9.97 Å². The summed E-state index contributed by atoms with van der Waals surface area (Å²) in [5.74, 6) is 0.854. The number of H-pyrrole nitrogens is 1. The van der Waals surface area contributed by atoms with Crippen molar-refractivity contribution in [2.45, 2.75) is 0 Å². The van der Waals surface area contributed by atoms with E-state index in [1.807, 2.05) is 24.3 Å². The number of nitrogens with zero attached hydrogens (tertiary/aromatic N) is 2. The maximum absolute atomic E-state index is 5.29. The molecule has 1 N–H and O–H groups in total. The molecule has 2 aromatic heterocycles. The highest BCUT2D eigenvalue weighted by molar-refractivity contribution is 6.15. The van der Waals surface area contributed by atoms with Crippen LogP contribution in [0.25, 0.3) is 32.8 Å². The lowest BCUT2D eigenvalue weighted by Crippen LogP contribution is -1.82. The number of ether oxygens (including phenoxy) is 1. The molecule has 0 aliphatic rings. The summed E-state index contributed by atoms with van der Waals surface area (Å²) in [6.07, 6.45) is 3.42. The minimum absolute atomic E-state index is 0.854. The first kappa shape index (κ1) is 10.3. The Morgan fingerprint density at radius 2 is 1.89 bits per heavy atom. The molecule has 4 aromatic rings. The van der Waals surface area contributed by atoms with Crippen LogP contribution < -0.4 is 4.74 Å². The second-order valence-corrected chi connectivity index (χ2v) is 4.45. The highest BCUT2D eigenvalue weighted by atomic mass is 16.5. The van der Waals surface area contributed by atoms with E-state index in [-0.39, 0.29) is 0 Å². The molecule has 0 amide bonds. The SMILES string of the molecule is COc1ccc2[nH]c3c(ccc4nccnc43)c2c1. The molecule has 0 radical (unpaired) electrons. The minimum Gasteiger partial charge on any atom is -0.497 e. The van der Waals surface area contributed by atoms with E-state index < -0.39 is 0 Å². The van der Waals surface area contributed by atoms with Crippen molar-refractivity contribution in [2.75, 3.05) is 7.11 Å². The number of methoxy groups -OCH3 is 1. The normalized spacial score (nSPS) is 11.4. The standard InChI is InChI=1S/C15H11N3O/c1-19-9-2-4-12-11(8-9)10-3-5-13-15(14(10)18-12)17-7-6-16-13/h2-8,18H,1H3. The molecule has 0 saturated heterocycles. The quantitative estimate of drug-likeness (QED) is 0.563. The number of aromatic amines is 1. The molecular weight excluding hydrogens is 238 g/mol. The smallest absolute Gasteiger partial charge is 0.119 e. The fourth-order valence-electron chi connectivity index (χ4n) is 2.50. The molecule has 0 unspecified atom stereocenters. The molecule has 0 fully saturated rings. The van der Waals surface area contributed by atoms with Crippen LogP contribution in [0.2, 0.25) is 0 Å². The summed E-state index contributed by atoms with van der Waals surface area (Å²) in [6.45, 7) is 0. The van der Waals surface area contributed by atoms with Gasteiger partial charge in [0.1, 0.15) is 11.3 Å². The largest absolute Gasteiger partial charge is 0.497 e. The highest BCUT2D eigenvalue weighted by Gasteiger charge is 2.09. The van der Waals surface area contributed by atoms with Gasteiger partial charge < -0.3 is 9.72 Å². The molecule has 2 heterocycles. The van der Waals surface area contributed by atoms with Crippen LogP contribution in [0.3, 0.4) is 0 Å². The topological polar surface area (TPSA) is 50.8 Å². The van der Waals surface area contributed by atoms with Gasteiger partial charge in [-0.25, -0.2) is 0 Å². The van der Waals surface area contributed by atoms with Crippen molar-refractivity contribution < 1.29 is 4.74 Å². The highest BCUT2D eigenvalue weighted by Crippen LogP contribution is 2.31. The third-order valence-electron chi connectivity index (χ3n) is 3.42. The number of hydrogen-bond acceptors (Lipinski definition) is 3. The summed E-state index contributed by atoms with van der Waals surface area (Å²) in [5.41, 5.74) is 3.89. The second kappa shape index (κ2) is 3.68. The van der Waals surface area contributed by atoms with Crippen LogP contribution >= 0.6 is 0 Å². The van der Waals surface area contributed by atoms with E-state index in [9.17, 15) is 0 Å². The van der Waals surface area contributed by atoms with Crippen molar-refractivity contribution in [1.82, 2.24) is 15.0 Å². The molecule has 4 nitrogen and oxygen atoms in total. The molecule has 0 aliphatic heterocycles. The van der Waals surface area contributed by atoms with Crippen LogP contribution in [-0.2, 0) is 0 Å². The molecular formula is C15H11N3O. The molecule has 0 bridgehead atoms. The van der Waals surface area contributed by atoms with Crippen LogP contribution in [-0.4, -0.2) is 22.1 Å². The van der Waals surface area contributed by atoms with Crippen molar-refractivity contribution in [1.29, 1.82) is 0 Å². The first-order valence-corrected chi connectivity index (χ1v) is 6.06. The van der Waals surface area contributed by atoms with Crippen LogP contribution in [0.4, 0.5) is 0 Å². The molecule has 4 rings (SSSR count). The molecule has 0 aliphatic carbocycles.